The minimum absolute atomic E-state index is 0.0410. The Bertz CT molecular complexity index is 639. The predicted octanol–water partition coefficient (Wildman–Crippen LogP) is 2.94. The second-order valence-electron chi connectivity index (χ2n) is 6.51. The lowest BCUT2D eigenvalue weighted by molar-refractivity contribution is -0.141. The summed E-state index contributed by atoms with van der Waals surface area (Å²) in [6.45, 7) is 1.12. The third-order valence-electron chi connectivity index (χ3n) is 4.75. The maximum atomic E-state index is 12.8. The van der Waals surface area contributed by atoms with Crippen LogP contribution in [0.4, 0.5) is 19.0 Å². The summed E-state index contributed by atoms with van der Waals surface area (Å²) in [5.41, 5.74) is -0.932. The SMILES string of the molecule is O=C(NC1CCN(c2cc(C(F)(F)F)ncn2)CC1)[C@H]1CC=CCC1. The lowest BCUT2D eigenvalue weighted by Crippen LogP contribution is -2.46. The first-order valence-corrected chi connectivity index (χ1v) is 8.53. The molecule has 1 aromatic rings. The van der Waals surface area contributed by atoms with Gasteiger partial charge in [-0.1, -0.05) is 12.2 Å². The van der Waals surface area contributed by atoms with E-state index in [1.165, 1.54) is 0 Å². The van der Waals surface area contributed by atoms with Crippen LogP contribution in [-0.2, 0) is 11.0 Å². The molecule has 0 radical (unpaired) electrons. The maximum Gasteiger partial charge on any atom is 0.433 e. The van der Waals surface area contributed by atoms with E-state index in [9.17, 15) is 18.0 Å². The van der Waals surface area contributed by atoms with Gasteiger partial charge in [-0.25, -0.2) is 9.97 Å². The third kappa shape index (κ3) is 4.49. The normalized spacial score (nSPS) is 22.0. The first-order chi connectivity index (χ1) is 11.9. The number of alkyl halides is 3. The second-order valence-corrected chi connectivity index (χ2v) is 6.51. The van der Waals surface area contributed by atoms with Crippen molar-refractivity contribution in [1.82, 2.24) is 15.3 Å². The first kappa shape index (κ1) is 17.7. The number of anilines is 1. The summed E-state index contributed by atoms with van der Waals surface area (Å²) in [6.07, 6.45) is 4.60. The molecule has 1 N–H and O–H groups in total. The van der Waals surface area contributed by atoms with Crippen LogP contribution in [0.15, 0.2) is 24.5 Å². The van der Waals surface area contributed by atoms with E-state index >= 15 is 0 Å². The van der Waals surface area contributed by atoms with E-state index in [0.717, 1.165) is 31.7 Å². The van der Waals surface area contributed by atoms with Gasteiger partial charge >= 0.3 is 6.18 Å². The van der Waals surface area contributed by atoms with Gasteiger partial charge in [0, 0.05) is 31.1 Å². The molecule has 25 heavy (non-hydrogen) atoms. The van der Waals surface area contributed by atoms with Gasteiger partial charge < -0.3 is 10.2 Å². The minimum Gasteiger partial charge on any atom is -0.356 e. The zero-order valence-electron chi connectivity index (χ0n) is 13.8. The Morgan fingerprint density at radius 1 is 1.16 bits per heavy atom. The number of aromatic nitrogens is 2. The fourth-order valence-electron chi connectivity index (χ4n) is 3.28. The molecule has 1 saturated heterocycles. The third-order valence-corrected chi connectivity index (χ3v) is 4.75. The standard InChI is InChI=1S/C17H21F3N4O/c18-17(19,20)14-10-15(22-11-21-14)24-8-6-13(7-9-24)23-16(25)12-4-2-1-3-5-12/h1-2,10-13H,3-9H2,(H,23,25)/t12-/m0/s1. The molecule has 1 amide bonds. The van der Waals surface area contributed by atoms with Gasteiger partial charge in [-0.3, -0.25) is 4.79 Å². The van der Waals surface area contributed by atoms with E-state index in [1.54, 1.807) is 0 Å². The molecule has 0 unspecified atom stereocenters. The average Bonchev–Trinajstić information content (AvgIpc) is 2.62. The van der Waals surface area contributed by atoms with Crippen LogP contribution in [0.25, 0.3) is 0 Å². The number of carbonyl (C=O) groups is 1. The number of halogens is 3. The number of rotatable bonds is 3. The quantitative estimate of drug-likeness (QED) is 0.848. The van der Waals surface area contributed by atoms with Crippen LogP contribution in [0.1, 0.15) is 37.8 Å². The zero-order chi connectivity index (χ0) is 17.9. The fourth-order valence-corrected chi connectivity index (χ4v) is 3.28. The average molecular weight is 354 g/mol. The van der Waals surface area contributed by atoms with Gasteiger partial charge in [-0.2, -0.15) is 13.2 Å². The van der Waals surface area contributed by atoms with Crippen LogP contribution in [0.2, 0.25) is 0 Å². The Morgan fingerprint density at radius 3 is 2.56 bits per heavy atom. The summed E-state index contributed by atoms with van der Waals surface area (Å²) in [5, 5.41) is 3.08. The van der Waals surface area contributed by atoms with Gasteiger partial charge in [0.15, 0.2) is 0 Å². The van der Waals surface area contributed by atoms with Crippen LogP contribution in [0.5, 0.6) is 0 Å². The molecule has 0 bridgehead atoms. The molecule has 0 aromatic carbocycles. The highest BCUT2D eigenvalue weighted by atomic mass is 19.4. The molecule has 1 aromatic heterocycles. The van der Waals surface area contributed by atoms with Crippen molar-refractivity contribution in [3.05, 3.63) is 30.2 Å². The number of amides is 1. The number of nitrogens with one attached hydrogen (secondary N) is 1. The highest BCUT2D eigenvalue weighted by molar-refractivity contribution is 5.79. The van der Waals surface area contributed by atoms with Gasteiger partial charge in [0.25, 0.3) is 0 Å². The van der Waals surface area contributed by atoms with E-state index in [-0.39, 0.29) is 23.7 Å². The van der Waals surface area contributed by atoms with Gasteiger partial charge in [-0.05, 0) is 32.1 Å². The van der Waals surface area contributed by atoms with E-state index in [2.05, 4.69) is 21.4 Å². The van der Waals surface area contributed by atoms with Crippen molar-refractivity contribution in [2.75, 3.05) is 18.0 Å². The van der Waals surface area contributed by atoms with Crippen molar-refractivity contribution >= 4 is 11.7 Å². The highest BCUT2D eigenvalue weighted by Gasteiger charge is 2.33. The first-order valence-electron chi connectivity index (χ1n) is 8.53. The molecule has 2 aliphatic rings. The van der Waals surface area contributed by atoms with Crippen molar-refractivity contribution in [2.45, 2.75) is 44.3 Å². The number of nitrogens with zero attached hydrogens (tertiary/aromatic N) is 3. The minimum atomic E-state index is -4.47. The molecule has 1 fully saturated rings. The van der Waals surface area contributed by atoms with Crippen LogP contribution in [-0.4, -0.2) is 35.0 Å². The van der Waals surface area contributed by atoms with Gasteiger partial charge in [-0.15, -0.1) is 0 Å². The Labute approximate surface area is 144 Å². The smallest absolute Gasteiger partial charge is 0.356 e. The molecule has 1 aliphatic carbocycles. The van der Waals surface area contributed by atoms with Crippen molar-refractivity contribution in [3.8, 4) is 0 Å². The van der Waals surface area contributed by atoms with E-state index in [4.69, 9.17) is 0 Å². The van der Waals surface area contributed by atoms with Crippen LogP contribution >= 0.6 is 0 Å². The number of allylic oxidation sites excluding steroid dienone is 2. The van der Waals surface area contributed by atoms with Crippen LogP contribution in [0.3, 0.4) is 0 Å². The Morgan fingerprint density at radius 2 is 1.92 bits per heavy atom. The molecule has 8 heteroatoms. The van der Waals surface area contributed by atoms with E-state index < -0.39 is 11.9 Å². The van der Waals surface area contributed by atoms with Gasteiger partial charge in [0.2, 0.25) is 5.91 Å². The predicted molar refractivity (Wildman–Crippen MR) is 86.9 cm³/mol. The summed E-state index contributed by atoms with van der Waals surface area (Å²) >= 11 is 0. The fraction of sp³-hybridized carbons (Fsp3) is 0.588. The van der Waals surface area contributed by atoms with Gasteiger partial charge in [0.1, 0.15) is 17.8 Å². The van der Waals surface area contributed by atoms with E-state index in [1.807, 2.05) is 11.0 Å². The Hall–Kier alpha value is -2.12. The maximum absolute atomic E-state index is 12.8. The number of piperidine rings is 1. The number of hydrogen-bond acceptors (Lipinski definition) is 4. The molecule has 3 rings (SSSR count). The molecule has 0 spiro atoms. The summed E-state index contributed by atoms with van der Waals surface area (Å²) in [5.74, 6) is 0.410. The lowest BCUT2D eigenvalue weighted by atomic mass is 9.93. The molecule has 5 nitrogen and oxygen atoms in total. The number of carbonyl (C=O) groups excluding carboxylic acids is 1. The second kappa shape index (κ2) is 7.41. The van der Waals surface area contributed by atoms with Crippen molar-refractivity contribution in [2.24, 2.45) is 5.92 Å². The van der Waals surface area contributed by atoms with Crippen molar-refractivity contribution in [1.29, 1.82) is 0 Å². The molecule has 0 saturated carbocycles. The molecular formula is C17H21F3N4O. The highest BCUT2D eigenvalue weighted by Crippen LogP contribution is 2.29. The van der Waals surface area contributed by atoms with E-state index in [0.29, 0.717) is 25.9 Å². The lowest BCUT2D eigenvalue weighted by Gasteiger charge is -2.34. The summed E-state index contributed by atoms with van der Waals surface area (Å²) in [7, 11) is 0. The monoisotopic (exact) mass is 354 g/mol. The summed E-state index contributed by atoms with van der Waals surface area (Å²) in [4.78, 5) is 21.3. The van der Waals surface area contributed by atoms with Crippen LogP contribution < -0.4 is 10.2 Å². The van der Waals surface area contributed by atoms with Crippen LogP contribution in [0, 0.1) is 5.92 Å². The van der Waals surface area contributed by atoms with Crippen molar-refractivity contribution in [3.63, 3.8) is 0 Å². The molecule has 1 aliphatic heterocycles. The largest absolute Gasteiger partial charge is 0.433 e. The van der Waals surface area contributed by atoms with Gasteiger partial charge in [0.05, 0.1) is 0 Å². The topological polar surface area (TPSA) is 58.1 Å². The van der Waals surface area contributed by atoms with Crippen molar-refractivity contribution < 1.29 is 18.0 Å². The molecule has 136 valence electrons. The summed E-state index contributed by atoms with van der Waals surface area (Å²) in [6, 6.07) is 1.05. The Kier molecular flexibility index (Phi) is 5.24. The zero-order valence-corrected chi connectivity index (χ0v) is 13.8. The molecular weight excluding hydrogens is 333 g/mol. The Balaban J connectivity index is 1.53. The number of hydrogen-bond donors (Lipinski definition) is 1. The molecule has 2 heterocycles. The summed E-state index contributed by atoms with van der Waals surface area (Å²) < 4.78 is 38.3. The molecule has 1 atom stereocenters.